The number of aryl methyl sites for hydroxylation is 1. The maximum atomic E-state index is 12.9. The van der Waals surface area contributed by atoms with Crippen LogP contribution in [-0.4, -0.2) is 44.2 Å². The second-order valence-corrected chi connectivity index (χ2v) is 8.23. The summed E-state index contributed by atoms with van der Waals surface area (Å²) < 4.78 is 5.72. The summed E-state index contributed by atoms with van der Waals surface area (Å²) in [5.41, 5.74) is 1.34. The van der Waals surface area contributed by atoms with Gasteiger partial charge >= 0.3 is 0 Å². The summed E-state index contributed by atoms with van der Waals surface area (Å²) in [6.07, 6.45) is 7.64. The van der Waals surface area contributed by atoms with Gasteiger partial charge in [-0.1, -0.05) is 18.5 Å². The summed E-state index contributed by atoms with van der Waals surface area (Å²) in [6.45, 7) is 3.47. The second-order valence-electron chi connectivity index (χ2n) is 8.23. The molecule has 26 heavy (non-hydrogen) atoms. The molecule has 7 nitrogen and oxygen atoms in total. The van der Waals surface area contributed by atoms with Crippen LogP contribution in [0.25, 0.3) is 0 Å². The van der Waals surface area contributed by atoms with Crippen LogP contribution in [0.5, 0.6) is 0 Å². The third kappa shape index (κ3) is 2.56. The Bertz CT molecular complexity index is 824. The van der Waals surface area contributed by atoms with Crippen molar-refractivity contribution in [3.63, 3.8) is 0 Å². The molecule has 7 heteroatoms. The van der Waals surface area contributed by atoms with Crippen LogP contribution in [0.4, 0.5) is 0 Å². The van der Waals surface area contributed by atoms with E-state index in [0.717, 1.165) is 62.0 Å². The molecule has 2 atom stereocenters. The first kappa shape index (κ1) is 16.0. The van der Waals surface area contributed by atoms with E-state index >= 15 is 0 Å². The molecule has 2 saturated carbocycles. The quantitative estimate of drug-likeness (QED) is 0.890. The van der Waals surface area contributed by atoms with Crippen LogP contribution < -0.4 is 0 Å². The van der Waals surface area contributed by atoms with Gasteiger partial charge in [0.25, 0.3) is 5.91 Å². The number of hydrogen-bond donors (Lipinski definition) is 1. The Labute approximate surface area is 152 Å². The summed E-state index contributed by atoms with van der Waals surface area (Å²) in [4.78, 5) is 19.6. The molecule has 1 saturated heterocycles. The summed E-state index contributed by atoms with van der Waals surface area (Å²) in [5, 5.41) is 11.4. The number of amides is 1. The van der Waals surface area contributed by atoms with E-state index in [1.165, 1.54) is 12.8 Å². The molecule has 3 heterocycles. The molecule has 0 spiro atoms. The zero-order chi connectivity index (χ0) is 17.7. The van der Waals surface area contributed by atoms with Gasteiger partial charge in [-0.3, -0.25) is 9.89 Å². The van der Waals surface area contributed by atoms with Crippen LogP contribution in [0.2, 0.25) is 0 Å². The number of carbonyl (C=O) groups excluding carboxylic acids is 1. The van der Waals surface area contributed by atoms with Crippen molar-refractivity contribution in [1.29, 1.82) is 0 Å². The van der Waals surface area contributed by atoms with E-state index in [9.17, 15) is 4.79 Å². The molecule has 0 unspecified atom stereocenters. The lowest BCUT2D eigenvalue weighted by molar-refractivity contribution is 0.0769. The minimum absolute atomic E-state index is 0.00689. The van der Waals surface area contributed by atoms with Crippen molar-refractivity contribution < 1.29 is 9.32 Å². The molecule has 0 bridgehead atoms. The fourth-order valence-electron chi connectivity index (χ4n) is 4.73. The summed E-state index contributed by atoms with van der Waals surface area (Å²) in [7, 11) is 0. The van der Waals surface area contributed by atoms with E-state index in [4.69, 9.17) is 9.51 Å². The first-order chi connectivity index (χ1) is 12.7. The van der Waals surface area contributed by atoms with Crippen molar-refractivity contribution in [2.24, 2.45) is 11.8 Å². The van der Waals surface area contributed by atoms with E-state index in [1.54, 1.807) is 0 Å². The fraction of sp³-hybridized carbons (Fsp3) is 0.684. The molecule has 3 aliphatic rings. The molecule has 2 aromatic heterocycles. The lowest BCUT2D eigenvalue weighted by Gasteiger charge is -2.23. The summed E-state index contributed by atoms with van der Waals surface area (Å²) in [5.74, 6) is 2.75. The van der Waals surface area contributed by atoms with E-state index in [1.807, 2.05) is 17.9 Å². The Kier molecular flexibility index (Phi) is 3.65. The molecule has 1 aliphatic heterocycles. The van der Waals surface area contributed by atoms with Crippen molar-refractivity contribution >= 4 is 5.91 Å². The van der Waals surface area contributed by atoms with Crippen molar-refractivity contribution in [2.45, 2.75) is 57.3 Å². The molecule has 138 valence electrons. The second kappa shape index (κ2) is 5.93. The Morgan fingerprint density at radius 3 is 3.08 bits per heavy atom. The van der Waals surface area contributed by atoms with E-state index in [0.29, 0.717) is 18.2 Å². The first-order valence-corrected chi connectivity index (χ1v) is 9.84. The monoisotopic (exact) mass is 355 g/mol. The number of likely N-dealkylation sites (tertiary alicyclic amines) is 1. The molecular weight excluding hydrogens is 330 g/mol. The number of H-pyrrole nitrogens is 1. The Morgan fingerprint density at radius 2 is 2.31 bits per heavy atom. The SMILES string of the molecule is CCc1cc(C(=O)N2C[C@H]3CCC[C@@]3(c3nc(CC4CC4)no3)C2)n[nH]1. The first-order valence-electron chi connectivity index (χ1n) is 9.84. The predicted octanol–water partition coefficient (Wildman–Crippen LogP) is 2.50. The van der Waals surface area contributed by atoms with Crippen molar-refractivity contribution in [2.75, 3.05) is 13.1 Å². The third-order valence-electron chi connectivity index (χ3n) is 6.45. The highest BCUT2D eigenvalue weighted by atomic mass is 16.5. The van der Waals surface area contributed by atoms with Gasteiger partial charge in [0.1, 0.15) is 5.69 Å². The predicted molar refractivity (Wildman–Crippen MR) is 93.6 cm³/mol. The smallest absolute Gasteiger partial charge is 0.274 e. The van der Waals surface area contributed by atoms with Crippen LogP contribution in [0.3, 0.4) is 0 Å². The average molecular weight is 355 g/mol. The Balaban J connectivity index is 1.38. The number of hydrogen-bond acceptors (Lipinski definition) is 5. The lowest BCUT2D eigenvalue weighted by Crippen LogP contribution is -2.35. The van der Waals surface area contributed by atoms with Gasteiger partial charge < -0.3 is 9.42 Å². The number of carbonyl (C=O) groups is 1. The van der Waals surface area contributed by atoms with Gasteiger partial charge in [0, 0.05) is 25.2 Å². The van der Waals surface area contributed by atoms with Crippen LogP contribution in [0.1, 0.15) is 66.9 Å². The van der Waals surface area contributed by atoms with Crippen LogP contribution in [0, 0.1) is 11.8 Å². The van der Waals surface area contributed by atoms with Gasteiger partial charge in [-0.05, 0) is 50.0 Å². The zero-order valence-corrected chi connectivity index (χ0v) is 15.2. The van der Waals surface area contributed by atoms with Crippen LogP contribution in [0.15, 0.2) is 10.6 Å². The largest absolute Gasteiger partial charge is 0.339 e. The molecule has 0 radical (unpaired) electrons. The van der Waals surface area contributed by atoms with Gasteiger partial charge in [-0.25, -0.2) is 0 Å². The number of aromatic nitrogens is 4. The Hall–Kier alpha value is -2.18. The van der Waals surface area contributed by atoms with E-state index < -0.39 is 0 Å². The zero-order valence-electron chi connectivity index (χ0n) is 15.2. The minimum Gasteiger partial charge on any atom is -0.339 e. The number of nitrogens with zero attached hydrogens (tertiary/aromatic N) is 4. The van der Waals surface area contributed by atoms with E-state index in [2.05, 4.69) is 15.4 Å². The molecule has 1 N–H and O–H groups in total. The minimum atomic E-state index is -0.158. The van der Waals surface area contributed by atoms with Gasteiger partial charge in [0.2, 0.25) is 5.89 Å². The normalized spacial score (nSPS) is 27.9. The van der Waals surface area contributed by atoms with Crippen LogP contribution in [-0.2, 0) is 18.3 Å². The van der Waals surface area contributed by atoms with Crippen LogP contribution >= 0.6 is 0 Å². The number of aromatic amines is 1. The summed E-state index contributed by atoms with van der Waals surface area (Å²) in [6, 6.07) is 1.86. The molecule has 3 fully saturated rings. The highest BCUT2D eigenvalue weighted by Crippen LogP contribution is 2.50. The maximum absolute atomic E-state index is 12.9. The molecule has 2 aliphatic carbocycles. The number of nitrogens with one attached hydrogen (secondary N) is 1. The number of fused-ring (bicyclic) bond motifs is 1. The van der Waals surface area contributed by atoms with Gasteiger partial charge in [0.15, 0.2) is 5.82 Å². The molecular formula is C19H25N5O2. The molecule has 2 aromatic rings. The fourth-order valence-corrected chi connectivity index (χ4v) is 4.73. The van der Waals surface area contributed by atoms with Gasteiger partial charge in [0.05, 0.1) is 5.41 Å². The molecule has 0 aromatic carbocycles. The molecule has 1 amide bonds. The topological polar surface area (TPSA) is 87.9 Å². The summed E-state index contributed by atoms with van der Waals surface area (Å²) >= 11 is 0. The van der Waals surface area contributed by atoms with Crippen molar-refractivity contribution in [3.05, 3.63) is 29.2 Å². The molecule has 5 rings (SSSR count). The highest BCUT2D eigenvalue weighted by Gasteiger charge is 2.55. The van der Waals surface area contributed by atoms with E-state index in [-0.39, 0.29) is 11.3 Å². The lowest BCUT2D eigenvalue weighted by atomic mass is 9.80. The van der Waals surface area contributed by atoms with Crippen molar-refractivity contribution in [1.82, 2.24) is 25.2 Å². The Morgan fingerprint density at radius 1 is 1.42 bits per heavy atom. The third-order valence-corrected chi connectivity index (χ3v) is 6.45. The standard InChI is InChI=1S/C19H25N5O2/c1-2-14-9-15(22-21-14)17(25)24-10-13-4-3-7-19(13,11-24)18-20-16(23-26-18)8-12-5-6-12/h9,12-13H,2-8,10-11H2,1H3,(H,21,22)/t13-,19-/m1/s1. The number of rotatable bonds is 5. The van der Waals surface area contributed by atoms with Gasteiger partial charge in [-0.15, -0.1) is 0 Å². The van der Waals surface area contributed by atoms with Gasteiger partial charge in [-0.2, -0.15) is 10.1 Å². The van der Waals surface area contributed by atoms with Crippen molar-refractivity contribution in [3.8, 4) is 0 Å². The maximum Gasteiger partial charge on any atom is 0.274 e. The average Bonchev–Trinajstić information content (AvgIpc) is 3.07. The highest BCUT2D eigenvalue weighted by molar-refractivity contribution is 5.92.